The Kier molecular flexibility index (Phi) is 11.3. The van der Waals surface area contributed by atoms with Crippen molar-refractivity contribution in [3.63, 3.8) is 0 Å². The Morgan fingerprint density at radius 2 is 1.47 bits per heavy atom. The van der Waals surface area contributed by atoms with Gasteiger partial charge < -0.3 is 24.8 Å². The zero-order chi connectivity index (χ0) is 34.3. The smallest absolute Gasteiger partial charge is 0.471 e. The molecule has 4 rings (SSSR count). The van der Waals surface area contributed by atoms with E-state index in [2.05, 4.69) is 10.1 Å². The number of methoxy groups -OCH3 is 1. The van der Waals surface area contributed by atoms with Crippen molar-refractivity contribution in [1.82, 2.24) is 10.2 Å². The minimum Gasteiger partial charge on any atom is -0.508 e. The van der Waals surface area contributed by atoms with Gasteiger partial charge >= 0.3 is 24.0 Å². The molecule has 0 heterocycles. The average Bonchev–Trinajstić information content (AvgIpc) is 3.36. The molecule has 0 saturated heterocycles. The minimum absolute atomic E-state index is 0.00899. The Balaban J connectivity index is 1.46. The average molecular weight is 655 g/mol. The zero-order valence-corrected chi connectivity index (χ0v) is 26.3. The maximum Gasteiger partial charge on any atom is 0.471 e. The predicted octanol–water partition coefficient (Wildman–Crippen LogP) is 5.00. The number of amides is 2. The Morgan fingerprint density at radius 1 is 0.894 bits per heavy atom. The topological polar surface area (TPSA) is 122 Å². The molecule has 47 heavy (non-hydrogen) atoms. The quantitative estimate of drug-likeness (QED) is 0.249. The zero-order valence-electron chi connectivity index (χ0n) is 26.3. The summed E-state index contributed by atoms with van der Waals surface area (Å²) in [5.41, 5.74) is 4.48. The Bertz CT molecular complexity index is 1540. The largest absolute Gasteiger partial charge is 0.508 e. The summed E-state index contributed by atoms with van der Waals surface area (Å²) in [5, 5.41) is 12.0. The fraction of sp³-hybridized carbons (Fsp3) is 0.371. The lowest BCUT2D eigenvalue weighted by Gasteiger charge is -2.30. The van der Waals surface area contributed by atoms with E-state index >= 15 is 0 Å². The molecular formula is C35H37F3N2O7. The van der Waals surface area contributed by atoms with E-state index in [1.165, 1.54) is 24.3 Å². The second-order valence-electron chi connectivity index (χ2n) is 11.8. The van der Waals surface area contributed by atoms with Crippen molar-refractivity contribution in [3.8, 4) is 16.9 Å². The molecule has 3 aromatic rings. The summed E-state index contributed by atoms with van der Waals surface area (Å²) in [4.78, 5) is 51.6. The highest BCUT2D eigenvalue weighted by Crippen LogP contribution is 2.44. The summed E-state index contributed by atoms with van der Waals surface area (Å²) < 4.78 is 51.4. The van der Waals surface area contributed by atoms with Crippen LogP contribution in [0.2, 0.25) is 0 Å². The first-order chi connectivity index (χ1) is 22.3. The number of phenolic OH excluding ortho intramolecular Hbond substituents is 1. The normalized spacial score (nSPS) is 13.7. The Hall–Kier alpha value is -4.87. The van der Waals surface area contributed by atoms with Crippen LogP contribution < -0.4 is 5.32 Å². The summed E-state index contributed by atoms with van der Waals surface area (Å²) in [7, 11) is 0.952. The van der Waals surface area contributed by atoms with E-state index in [1.54, 1.807) is 0 Å². The first kappa shape index (κ1) is 35.0. The van der Waals surface area contributed by atoms with Crippen LogP contribution in [-0.4, -0.2) is 72.8 Å². The molecular weight excluding hydrogens is 617 g/mol. The van der Waals surface area contributed by atoms with Crippen molar-refractivity contribution < 1.29 is 46.9 Å². The van der Waals surface area contributed by atoms with Crippen molar-refractivity contribution >= 4 is 23.8 Å². The number of carbonyl (C=O) groups excluding carboxylic acids is 4. The lowest BCUT2D eigenvalue weighted by atomic mass is 9.96. The number of hydrogen-bond donors (Lipinski definition) is 2. The molecule has 2 N–H and O–H groups in total. The van der Waals surface area contributed by atoms with E-state index in [1.807, 2.05) is 62.4 Å². The molecule has 1 aliphatic rings. The van der Waals surface area contributed by atoms with Gasteiger partial charge in [0.15, 0.2) is 0 Å². The monoisotopic (exact) mass is 654 g/mol. The van der Waals surface area contributed by atoms with Crippen molar-refractivity contribution in [1.29, 1.82) is 0 Å². The molecule has 9 nitrogen and oxygen atoms in total. The van der Waals surface area contributed by atoms with E-state index in [0.29, 0.717) is 12.0 Å². The molecule has 0 fully saturated rings. The van der Waals surface area contributed by atoms with Crippen LogP contribution in [0.5, 0.6) is 5.75 Å². The number of benzene rings is 3. The van der Waals surface area contributed by atoms with Crippen LogP contribution in [0.3, 0.4) is 0 Å². The highest BCUT2D eigenvalue weighted by atomic mass is 19.4. The molecule has 12 heteroatoms. The molecule has 3 aromatic carbocycles. The van der Waals surface area contributed by atoms with E-state index in [9.17, 15) is 37.5 Å². The highest BCUT2D eigenvalue weighted by molar-refractivity contribution is 5.92. The number of phenols is 1. The molecule has 2 amide bonds. The number of nitrogens with zero attached hydrogens (tertiary/aromatic N) is 1. The summed E-state index contributed by atoms with van der Waals surface area (Å²) in [5.74, 6) is -6.28. The lowest BCUT2D eigenvalue weighted by Crippen LogP contribution is -2.55. The van der Waals surface area contributed by atoms with Gasteiger partial charge in [-0.1, -0.05) is 74.5 Å². The van der Waals surface area contributed by atoms with Gasteiger partial charge in [0, 0.05) is 18.9 Å². The van der Waals surface area contributed by atoms with Gasteiger partial charge in [0.1, 0.15) is 24.9 Å². The van der Waals surface area contributed by atoms with Crippen LogP contribution >= 0.6 is 0 Å². The summed E-state index contributed by atoms with van der Waals surface area (Å²) in [6.07, 6.45) is -5.51. The SMILES string of the molecule is COC(=O)[C@H](Cc1ccc(O)cc1)N(CC(=O)NC[C@H](CC(C)C)C(=O)OCC1c2ccccc2-c2ccccc21)C(=O)C(F)(F)F. The lowest BCUT2D eigenvalue weighted by molar-refractivity contribution is -0.190. The molecule has 0 radical (unpaired) electrons. The third-order valence-electron chi connectivity index (χ3n) is 8.02. The molecule has 0 unspecified atom stereocenters. The number of fused-ring (bicyclic) bond motifs is 3. The number of ether oxygens (including phenoxy) is 2. The van der Waals surface area contributed by atoms with Crippen LogP contribution in [0.4, 0.5) is 13.2 Å². The third-order valence-corrected chi connectivity index (χ3v) is 8.02. The van der Waals surface area contributed by atoms with E-state index in [0.717, 1.165) is 29.4 Å². The second kappa shape index (κ2) is 15.1. The highest BCUT2D eigenvalue weighted by Gasteiger charge is 2.47. The number of halogens is 3. The second-order valence-corrected chi connectivity index (χ2v) is 11.8. The van der Waals surface area contributed by atoms with Gasteiger partial charge in [-0.3, -0.25) is 14.4 Å². The molecule has 0 spiro atoms. The first-order valence-electron chi connectivity index (χ1n) is 15.1. The summed E-state index contributed by atoms with van der Waals surface area (Å²) in [6.45, 7) is 2.42. The van der Waals surface area contributed by atoms with E-state index in [-0.39, 0.29) is 35.6 Å². The standard InChI is InChI=1S/C35H37F3N2O7/c1-21(2)16-23(32(43)47-20-29-27-10-6-4-8-25(27)26-9-5-7-11-28(26)29)18-39-31(42)19-40(34(45)35(36,37)38)30(33(44)46-3)17-22-12-14-24(41)15-13-22/h4-15,21,23,29-30,41H,16-20H2,1-3H3,(H,39,42)/t23-,30-/m0/s1. The number of alkyl halides is 3. The van der Waals surface area contributed by atoms with Crippen LogP contribution in [0.15, 0.2) is 72.8 Å². The summed E-state index contributed by atoms with van der Waals surface area (Å²) in [6, 6.07) is 19.2. The molecule has 1 aliphatic carbocycles. The molecule has 0 aliphatic heterocycles. The fourth-order valence-corrected chi connectivity index (χ4v) is 5.80. The maximum absolute atomic E-state index is 13.7. The van der Waals surface area contributed by atoms with Gasteiger partial charge in [0.2, 0.25) is 5.91 Å². The van der Waals surface area contributed by atoms with Crippen LogP contribution in [0, 0.1) is 11.8 Å². The van der Waals surface area contributed by atoms with Gasteiger partial charge in [0.25, 0.3) is 0 Å². The molecule has 2 atom stereocenters. The number of aromatic hydroxyl groups is 1. The molecule has 0 aromatic heterocycles. The van der Waals surface area contributed by atoms with Gasteiger partial charge in [-0.05, 0) is 52.3 Å². The first-order valence-corrected chi connectivity index (χ1v) is 15.1. The van der Waals surface area contributed by atoms with Crippen LogP contribution in [0.25, 0.3) is 11.1 Å². The van der Waals surface area contributed by atoms with E-state index < -0.39 is 54.9 Å². The third kappa shape index (κ3) is 8.69. The van der Waals surface area contributed by atoms with Gasteiger partial charge in [-0.25, -0.2) is 4.79 Å². The minimum atomic E-state index is -5.40. The summed E-state index contributed by atoms with van der Waals surface area (Å²) >= 11 is 0. The molecule has 0 bridgehead atoms. The number of esters is 2. The Labute approximate surface area is 270 Å². The molecule has 250 valence electrons. The predicted molar refractivity (Wildman–Crippen MR) is 166 cm³/mol. The van der Waals surface area contributed by atoms with Gasteiger partial charge in [0.05, 0.1) is 13.0 Å². The van der Waals surface area contributed by atoms with Crippen LogP contribution in [-0.2, 0) is 35.1 Å². The number of hydrogen-bond acceptors (Lipinski definition) is 7. The van der Waals surface area contributed by atoms with Gasteiger partial charge in [-0.2, -0.15) is 13.2 Å². The fourth-order valence-electron chi connectivity index (χ4n) is 5.80. The molecule has 0 saturated carbocycles. The van der Waals surface area contributed by atoms with Crippen LogP contribution in [0.1, 0.15) is 42.9 Å². The number of nitrogens with one attached hydrogen (secondary N) is 1. The number of carbonyl (C=O) groups is 4. The van der Waals surface area contributed by atoms with Crippen molar-refractivity contribution in [2.45, 2.75) is 44.8 Å². The Morgan fingerprint density at radius 3 is 2.00 bits per heavy atom. The van der Waals surface area contributed by atoms with Gasteiger partial charge in [-0.15, -0.1) is 0 Å². The van der Waals surface area contributed by atoms with Crippen molar-refractivity contribution in [2.75, 3.05) is 26.8 Å². The van der Waals surface area contributed by atoms with Crippen molar-refractivity contribution in [2.24, 2.45) is 11.8 Å². The van der Waals surface area contributed by atoms with Crippen molar-refractivity contribution in [3.05, 3.63) is 89.5 Å². The maximum atomic E-state index is 13.7. The number of rotatable bonds is 13. The van der Waals surface area contributed by atoms with E-state index in [4.69, 9.17) is 4.74 Å².